The zero-order chi connectivity index (χ0) is 12.0. The molecule has 0 aliphatic heterocycles. The number of halogens is 2. The summed E-state index contributed by atoms with van der Waals surface area (Å²) >= 11 is 5.57. The summed E-state index contributed by atoms with van der Waals surface area (Å²) < 4.78 is 18.5. The fourth-order valence-corrected chi connectivity index (χ4v) is 1.37. The van der Waals surface area contributed by atoms with Gasteiger partial charge in [-0.2, -0.15) is 0 Å². The lowest BCUT2D eigenvalue weighted by Crippen LogP contribution is -2.24. The van der Waals surface area contributed by atoms with Gasteiger partial charge < -0.3 is 10.1 Å². The van der Waals surface area contributed by atoms with E-state index in [1.807, 2.05) is 0 Å². The zero-order valence-corrected chi connectivity index (χ0v) is 10.4. The Kier molecular flexibility index (Phi) is 5.56. The first-order chi connectivity index (χ1) is 7.63. The molecule has 1 N–H and O–H groups in total. The number of nitrogens with one attached hydrogen (secondary N) is 1. The summed E-state index contributed by atoms with van der Waals surface area (Å²) in [7, 11) is 0. The summed E-state index contributed by atoms with van der Waals surface area (Å²) in [5.41, 5.74) is 0. The van der Waals surface area contributed by atoms with Crippen LogP contribution in [0.15, 0.2) is 18.2 Å². The number of ether oxygens (including phenoxy) is 1. The second-order valence-corrected chi connectivity index (χ2v) is 4.21. The maximum absolute atomic E-state index is 13.1. The van der Waals surface area contributed by atoms with E-state index < -0.39 is 5.82 Å². The van der Waals surface area contributed by atoms with E-state index in [0.717, 1.165) is 13.1 Å². The van der Waals surface area contributed by atoms with Gasteiger partial charge in [-0.1, -0.05) is 25.4 Å². The van der Waals surface area contributed by atoms with Crippen molar-refractivity contribution in [3.05, 3.63) is 29.0 Å². The van der Waals surface area contributed by atoms with Crippen LogP contribution in [-0.2, 0) is 0 Å². The molecule has 1 unspecified atom stereocenters. The fourth-order valence-electron chi connectivity index (χ4n) is 1.25. The van der Waals surface area contributed by atoms with Crippen LogP contribution in [0.2, 0.25) is 5.02 Å². The van der Waals surface area contributed by atoms with Crippen LogP contribution in [0.1, 0.15) is 13.8 Å². The molecular weight excluding hydrogens is 229 g/mol. The van der Waals surface area contributed by atoms with Gasteiger partial charge in [-0.15, -0.1) is 0 Å². The summed E-state index contributed by atoms with van der Waals surface area (Å²) in [5, 5.41) is 3.35. The second kappa shape index (κ2) is 6.71. The third-order valence-corrected chi connectivity index (χ3v) is 2.47. The highest BCUT2D eigenvalue weighted by atomic mass is 35.5. The Morgan fingerprint density at radius 1 is 1.50 bits per heavy atom. The molecule has 1 aromatic rings. The zero-order valence-electron chi connectivity index (χ0n) is 9.59. The lowest BCUT2D eigenvalue weighted by Gasteiger charge is -2.13. The van der Waals surface area contributed by atoms with E-state index in [2.05, 4.69) is 19.2 Å². The smallest absolute Gasteiger partial charge is 0.145 e. The molecule has 0 saturated heterocycles. The summed E-state index contributed by atoms with van der Waals surface area (Å²) in [6, 6.07) is 4.48. The van der Waals surface area contributed by atoms with E-state index in [1.54, 1.807) is 6.07 Å². The van der Waals surface area contributed by atoms with E-state index in [0.29, 0.717) is 18.3 Å². The highest BCUT2D eigenvalue weighted by Gasteiger charge is 2.05. The molecule has 90 valence electrons. The Morgan fingerprint density at radius 3 is 2.88 bits per heavy atom. The summed E-state index contributed by atoms with van der Waals surface area (Å²) in [6.07, 6.45) is 0. The van der Waals surface area contributed by atoms with Gasteiger partial charge in [0.05, 0.1) is 11.6 Å². The first kappa shape index (κ1) is 13.3. The number of benzene rings is 1. The van der Waals surface area contributed by atoms with Gasteiger partial charge in [-0.25, -0.2) is 4.39 Å². The minimum Gasteiger partial charge on any atom is -0.493 e. The Morgan fingerprint density at radius 2 is 2.25 bits per heavy atom. The molecule has 0 aliphatic rings. The van der Waals surface area contributed by atoms with Gasteiger partial charge in [0.25, 0.3) is 0 Å². The molecule has 1 atom stereocenters. The summed E-state index contributed by atoms with van der Waals surface area (Å²) in [5.74, 6) is 0.461. The molecule has 16 heavy (non-hydrogen) atoms. The van der Waals surface area contributed by atoms with Crippen molar-refractivity contribution in [1.29, 1.82) is 0 Å². The fraction of sp³-hybridized carbons (Fsp3) is 0.500. The molecule has 0 saturated carbocycles. The van der Waals surface area contributed by atoms with Crippen molar-refractivity contribution in [1.82, 2.24) is 5.32 Å². The molecule has 0 aliphatic carbocycles. The first-order valence-corrected chi connectivity index (χ1v) is 5.79. The van der Waals surface area contributed by atoms with Gasteiger partial charge in [0, 0.05) is 18.5 Å². The number of hydrogen-bond acceptors (Lipinski definition) is 2. The normalized spacial score (nSPS) is 12.5. The van der Waals surface area contributed by atoms with Crippen molar-refractivity contribution < 1.29 is 9.13 Å². The molecule has 0 aromatic heterocycles. The van der Waals surface area contributed by atoms with Gasteiger partial charge >= 0.3 is 0 Å². The van der Waals surface area contributed by atoms with E-state index in [4.69, 9.17) is 16.3 Å². The minimum absolute atomic E-state index is 0.119. The SMILES string of the molecule is CCNCC(C)COc1ccc(Cl)c(F)c1. The summed E-state index contributed by atoms with van der Waals surface area (Å²) in [4.78, 5) is 0. The Hall–Kier alpha value is -0.800. The predicted octanol–water partition coefficient (Wildman–Crippen LogP) is 3.10. The van der Waals surface area contributed by atoms with Crippen molar-refractivity contribution in [3.8, 4) is 5.75 Å². The van der Waals surface area contributed by atoms with E-state index in [-0.39, 0.29) is 5.02 Å². The average Bonchev–Trinajstić information content (AvgIpc) is 2.28. The van der Waals surface area contributed by atoms with Crippen LogP contribution in [0, 0.1) is 11.7 Å². The quantitative estimate of drug-likeness (QED) is 0.832. The van der Waals surface area contributed by atoms with Crippen LogP contribution in [0.25, 0.3) is 0 Å². The van der Waals surface area contributed by atoms with Gasteiger partial charge in [-0.05, 0) is 18.7 Å². The van der Waals surface area contributed by atoms with Crippen molar-refractivity contribution in [2.75, 3.05) is 19.7 Å². The van der Waals surface area contributed by atoms with E-state index in [1.165, 1.54) is 12.1 Å². The van der Waals surface area contributed by atoms with Crippen molar-refractivity contribution >= 4 is 11.6 Å². The average molecular weight is 246 g/mol. The molecule has 0 amide bonds. The second-order valence-electron chi connectivity index (χ2n) is 3.80. The number of rotatable bonds is 6. The lowest BCUT2D eigenvalue weighted by molar-refractivity contribution is 0.255. The molecule has 2 nitrogen and oxygen atoms in total. The molecule has 4 heteroatoms. The minimum atomic E-state index is -0.446. The van der Waals surface area contributed by atoms with Gasteiger partial charge in [0.2, 0.25) is 0 Å². The Bertz CT molecular complexity index is 333. The molecule has 0 heterocycles. The van der Waals surface area contributed by atoms with Gasteiger partial charge in [0.1, 0.15) is 11.6 Å². The van der Waals surface area contributed by atoms with Crippen molar-refractivity contribution in [2.24, 2.45) is 5.92 Å². The summed E-state index contributed by atoms with van der Waals surface area (Å²) in [6.45, 7) is 6.54. The molecule has 0 bridgehead atoms. The lowest BCUT2D eigenvalue weighted by atomic mass is 10.2. The highest BCUT2D eigenvalue weighted by Crippen LogP contribution is 2.20. The monoisotopic (exact) mass is 245 g/mol. The van der Waals surface area contributed by atoms with E-state index >= 15 is 0 Å². The van der Waals surface area contributed by atoms with Crippen molar-refractivity contribution in [2.45, 2.75) is 13.8 Å². The molecule has 0 spiro atoms. The molecule has 0 radical (unpaired) electrons. The third-order valence-electron chi connectivity index (χ3n) is 2.17. The van der Waals surface area contributed by atoms with E-state index in [9.17, 15) is 4.39 Å². The topological polar surface area (TPSA) is 21.3 Å². The molecule has 1 rings (SSSR count). The van der Waals surface area contributed by atoms with Gasteiger partial charge in [0.15, 0.2) is 0 Å². The maximum Gasteiger partial charge on any atom is 0.145 e. The molecule has 0 fully saturated rings. The van der Waals surface area contributed by atoms with Crippen molar-refractivity contribution in [3.63, 3.8) is 0 Å². The highest BCUT2D eigenvalue weighted by molar-refractivity contribution is 6.30. The molecule has 1 aromatic carbocycles. The van der Waals surface area contributed by atoms with Crippen LogP contribution in [0.5, 0.6) is 5.75 Å². The van der Waals surface area contributed by atoms with Crippen LogP contribution >= 0.6 is 11.6 Å². The Labute approximate surface area is 101 Å². The van der Waals surface area contributed by atoms with Gasteiger partial charge in [-0.3, -0.25) is 0 Å². The third kappa shape index (κ3) is 4.37. The number of hydrogen-bond donors (Lipinski definition) is 1. The first-order valence-electron chi connectivity index (χ1n) is 5.42. The van der Waals surface area contributed by atoms with Crippen LogP contribution in [-0.4, -0.2) is 19.7 Å². The largest absolute Gasteiger partial charge is 0.493 e. The predicted molar refractivity (Wildman–Crippen MR) is 64.6 cm³/mol. The maximum atomic E-state index is 13.1. The molecular formula is C12H17ClFNO. The Balaban J connectivity index is 2.39. The standard InChI is InChI=1S/C12H17ClFNO/c1-3-15-7-9(2)8-16-10-4-5-11(13)12(14)6-10/h4-6,9,15H,3,7-8H2,1-2H3. The van der Waals surface area contributed by atoms with Crippen LogP contribution < -0.4 is 10.1 Å². The van der Waals surface area contributed by atoms with Crippen LogP contribution in [0.3, 0.4) is 0 Å². The van der Waals surface area contributed by atoms with Crippen LogP contribution in [0.4, 0.5) is 4.39 Å².